The van der Waals surface area contributed by atoms with E-state index < -0.39 is 0 Å². The largest absolute Gasteiger partial charge is 0.383 e. The fraction of sp³-hybridized carbons (Fsp3) is 0.600. The van der Waals surface area contributed by atoms with Crippen LogP contribution in [0.15, 0.2) is 18.5 Å². The molecule has 1 amide bonds. The first-order chi connectivity index (χ1) is 8.88. The van der Waals surface area contributed by atoms with Crippen molar-refractivity contribution in [2.45, 2.75) is 34.6 Å². The van der Waals surface area contributed by atoms with Crippen LogP contribution in [0.25, 0.3) is 0 Å². The van der Waals surface area contributed by atoms with E-state index in [2.05, 4.69) is 43.3 Å². The molecular weight excluding hydrogens is 238 g/mol. The number of hydrogen-bond acceptors (Lipinski definition) is 3. The van der Waals surface area contributed by atoms with Gasteiger partial charge in [0.1, 0.15) is 0 Å². The third-order valence-electron chi connectivity index (χ3n) is 3.70. The van der Waals surface area contributed by atoms with Crippen molar-refractivity contribution in [3.05, 3.63) is 24.0 Å². The first kappa shape index (κ1) is 15.5. The lowest BCUT2D eigenvalue weighted by Crippen LogP contribution is -2.37. The summed E-state index contributed by atoms with van der Waals surface area (Å²) in [6.07, 6.45) is 3.33. The van der Waals surface area contributed by atoms with Crippen molar-refractivity contribution in [2.24, 2.45) is 11.3 Å². The zero-order valence-corrected chi connectivity index (χ0v) is 12.6. The van der Waals surface area contributed by atoms with E-state index in [1.807, 2.05) is 6.92 Å². The van der Waals surface area contributed by atoms with Gasteiger partial charge in [0.05, 0.1) is 17.4 Å². The number of amides is 1. The topological polar surface area (TPSA) is 54.0 Å². The Morgan fingerprint density at radius 3 is 2.68 bits per heavy atom. The Balaban J connectivity index is 2.74. The number of aromatic nitrogens is 1. The fourth-order valence-electron chi connectivity index (χ4n) is 1.53. The lowest BCUT2D eigenvalue weighted by atomic mass is 9.81. The van der Waals surface area contributed by atoms with E-state index in [1.165, 1.54) is 0 Å². The first-order valence-electron chi connectivity index (χ1n) is 6.84. The highest BCUT2D eigenvalue weighted by atomic mass is 16.1. The molecular formula is C15H25N3O. The molecule has 0 bridgehead atoms. The molecule has 1 aromatic heterocycles. The van der Waals surface area contributed by atoms with Gasteiger partial charge in [0.2, 0.25) is 0 Å². The summed E-state index contributed by atoms with van der Waals surface area (Å²) < 4.78 is 0. The Hall–Kier alpha value is -1.58. The summed E-state index contributed by atoms with van der Waals surface area (Å²) in [5.74, 6) is 0.463. The van der Waals surface area contributed by atoms with Gasteiger partial charge in [0.15, 0.2) is 0 Å². The number of nitrogens with one attached hydrogen (secondary N) is 2. The number of hydrogen-bond donors (Lipinski definition) is 2. The van der Waals surface area contributed by atoms with Crippen LogP contribution < -0.4 is 10.6 Å². The predicted molar refractivity (Wildman–Crippen MR) is 79.4 cm³/mol. The quantitative estimate of drug-likeness (QED) is 0.829. The molecule has 2 N–H and O–H groups in total. The van der Waals surface area contributed by atoms with E-state index in [0.717, 1.165) is 12.2 Å². The van der Waals surface area contributed by atoms with Gasteiger partial charge in [0, 0.05) is 19.3 Å². The van der Waals surface area contributed by atoms with Crippen LogP contribution >= 0.6 is 0 Å². The maximum atomic E-state index is 12.2. The molecule has 4 heteroatoms. The molecule has 0 saturated carbocycles. The van der Waals surface area contributed by atoms with Gasteiger partial charge in [-0.25, -0.2) is 0 Å². The molecule has 0 aromatic carbocycles. The molecule has 0 aliphatic rings. The van der Waals surface area contributed by atoms with Crippen molar-refractivity contribution in [2.75, 3.05) is 18.4 Å². The van der Waals surface area contributed by atoms with E-state index >= 15 is 0 Å². The van der Waals surface area contributed by atoms with Crippen molar-refractivity contribution in [3.63, 3.8) is 0 Å². The fourth-order valence-corrected chi connectivity index (χ4v) is 1.53. The van der Waals surface area contributed by atoms with Crippen molar-refractivity contribution in [1.82, 2.24) is 10.3 Å². The van der Waals surface area contributed by atoms with E-state index in [9.17, 15) is 4.79 Å². The molecule has 0 aliphatic heterocycles. The molecule has 0 spiro atoms. The zero-order valence-electron chi connectivity index (χ0n) is 12.6. The van der Waals surface area contributed by atoms with Crippen molar-refractivity contribution < 1.29 is 4.79 Å². The summed E-state index contributed by atoms with van der Waals surface area (Å²) in [6.45, 7) is 12.1. The Kier molecular flexibility index (Phi) is 5.33. The third-order valence-corrected chi connectivity index (χ3v) is 3.70. The molecule has 106 valence electrons. The summed E-state index contributed by atoms with van der Waals surface area (Å²) in [5.41, 5.74) is 1.52. The Bertz CT molecular complexity index is 427. The van der Waals surface area contributed by atoms with E-state index in [0.29, 0.717) is 18.0 Å². The summed E-state index contributed by atoms with van der Waals surface area (Å²) >= 11 is 0. The number of carbonyl (C=O) groups excluding carboxylic acids is 1. The molecule has 0 atom stereocenters. The van der Waals surface area contributed by atoms with E-state index in [4.69, 9.17) is 0 Å². The minimum Gasteiger partial charge on any atom is -0.383 e. The Morgan fingerprint density at radius 2 is 2.11 bits per heavy atom. The van der Waals surface area contributed by atoms with Gasteiger partial charge in [0.25, 0.3) is 5.91 Å². The second-order valence-corrected chi connectivity index (χ2v) is 5.78. The smallest absolute Gasteiger partial charge is 0.253 e. The highest BCUT2D eigenvalue weighted by Gasteiger charge is 2.23. The van der Waals surface area contributed by atoms with Gasteiger partial charge in [-0.15, -0.1) is 0 Å². The van der Waals surface area contributed by atoms with Gasteiger partial charge in [-0.3, -0.25) is 9.78 Å². The van der Waals surface area contributed by atoms with Gasteiger partial charge in [-0.2, -0.15) is 0 Å². The summed E-state index contributed by atoms with van der Waals surface area (Å²) in [7, 11) is 0. The maximum Gasteiger partial charge on any atom is 0.253 e. The molecule has 0 fully saturated rings. The molecule has 19 heavy (non-hydrogen) atoms. The Morgan fingerprint density at radius 1 is 1.42 bits per heavy atom. The highest BCUT2D eigenvalue weighted by Crippen LogP contribution is 2.25. The van der Waals surface area contributed by atoms with Crippen LogP contribution in [0, 0.1) is 11.3 Å². The summed E-state index contributed by atoms with van der Waals surface area (Å²) in [5, 5.41) is 6.17. The van der Waals surface area contributed by atoms with Crippen LogP contribution in [0.2, 0.25) is 0 Å². The molecule has 0 saturated heterocycles. The highest BCUT2D eigenvalue weighted by molar-refractivity contribution is 5.99. The minimum atomic E-state index is -0.0490. The van der Waals surface area contributed by atoms with Crippen LogP contribution in [0.5, 0.6) is 0 Å². The number of anilines is 1. The number of rotatable bonds is 6. The molecule has 1 heterocycles. The molecule has 0 unspecified atom stereocenters. The standard InChI is InChI=1S/C15H25N3O/c1-6-17-13-9-16-8-7-12(13)14(19)18-10-15(4,5)11(2)3/h7-9,11,17H,6,10H2,1-5H3,(H,18,19). The average molecular weight is 263 g/mol. The molecule has 4 nitrogen and oxygen atoms in total. The van der Waals surface area contributed by atoms with Crippen molar-refractivity contribution in [3.8, 4) is 0 Å². The lowest BCUT2D eigenvalue weighted by Gasteiger charge is -2.29. The lowest BCUT2D eigenvalue weighted by molar-refractivity contribution is 0.0925. The molecule has 0 aliphatic carbocycles. The van der Waals surface area contributed by atoms with Gasteiger partial charge < -0.3 is 10.6 Å². The van der Waals surface area contributed by atoms with E-state index in [1.54, 1.807) is 18.5 Å². The normalized spacial score (nSPS) is 11.5. The van der Waals surface area contributed by atoms with Gasteiger partial charge in [-0.1, -0.05) is 27.7 Å². The molecule has 0 radical (unpaired) electrons. The second-order valence-electron chi connectivity index (χ2n) is 5.78. The van der Waals surface area contributed by atoms with Crippen LogP contribution in [0.3, 0.4) is 0 Å². The number of pyridine rings is 1. The van der Waals surface area contributed by atoms with Crippen LogP contribution in [0.1, 0.15) is 45.0 Å². The van der Waals surface area contributed by atoms with Crippen LogP contribution in [0.4, 0.5) is 5.69 Å². The average Bonchev–Trinajstić information content (AvgIpc) is 2.37. The van der Waals surface area contributed by atoms with Crippen LogP contribution in [-0.4, -0.2) is 24.0 Å². The maximum absolute atomic E-state index is 12.2. The van der Waals surface area contributed by atoms with Crippen LogP contribution in [-0.2, 0) is 0 Å². The molecule has 1 aromatic rings. The SMILES string of the molecule is CCNc1cnccc1C(=O)NCC(C)(C)C(C)C. The minimum absolute atomic E-state index is 0.0490. The van der Waals surface area contributed by atoms with Crippen molar-refractivity contribution in [1.29, 1.82) is 0 Å². The predicted octanol–water partition coefficient (Wildman–Crippen LogP) is 2.93. The van der Waals surface area contributed by atoms with Gasteiger partial charge in [-0.05, 0) is 24.3 Å². The van der Waals surface area contributed by atoms with Gasteiger partial charge >= 0.3 is 0 Å². The molecule has 1 rings (SSSR count). The second kappa shape index (κ2) is 6.55. The number of carbonyl (C=O) groups is 1. The number of nitrogens with zero attached hydrogens (tertiary/aromatic N) is 1. The van der Waals surface area contributed by atoms with Crippen molar-refractivity contribution >= 4 is 11.6 Å². The summed E-state index contributed by atoms with van der Waals surface area (Å²) in [6, 6.07) is 1.75. The van der Waals surface area contributed by atoms with E-state index in [-0.39, 0.29) is 11.3 Å². The third kappa shape index (κ3) is 4.23. The monoisotopic (exact) mass is 263 g/mol. The summed E-state index contributed by atoms with van der Waals surface area (Å²) in [4.78, 5) is 16.3. The first-order valence-corrected chi connectivity index (χ1v) is 6.84. The zero-order chi connectivity index (χ0) is 14.5. The Labute approximate surface area is 116 Å².